The SMILES string of the molecule is CCc1cc(OCCCN)ccc1OC. The molecule has 1 aromatic carbocycles. The van der Waals surface area contributed by atoms with Crippen molar-refractivity contribution in [2.75, 3.05) is 20.3 Å². The smallest absolute Gasteiger partial charge is 0.122 e. The van der Waals surface area contributed by atoms with Gasteiger partial charge in [0.1, 0.15) is 11.5 Å². The van der Waals surface area contributed by atoms with Crippen molar-refractivity contribution in [2.24, 2.45) is 5.73 Å². The van der Waals surface area contributed by atoms with Crippen LogP contribution >= 0.6 is 0 Å². The molecule has 0 atom stereocenters. The third-order valence-corrected chi connectivity index (χ3v) is 2.25. The van der Waals surface area contributed by atoms with Gasteiger partial charge in [-0.15, -0.1) is 0 Å². The van der Waals surface area contributed by atoms with E-state index in [-0.39, 0.29) is 0 Å². The molecule has 2 N–H and O–H groups in total. The molecule has 0 saturated heterocycles. The van der Waals surface area contributed by atoms with Gasteiger partial charge in [0.15, 0.2) is 0 Å². The van der Waals surface area contributed by atoms with Crippen molar-refractivity contribution in [3.05, 3.63) is 23.8 Å². The maximum atomic E-state index is 5.55. The second-order valence-corrected chi connectivity index (χ2v) is 3.32. The Bertz CT molecular complexity index is 300. The van der Waals surface area contributed by atoms with Crippen LogP contribution in [0.4, 0.5) is 0 Å². The summed E-state index contributed by atoms with van der Waals surface area (Å²) in [7, 11) is 1.68. The highest BCUT2D eigenvalue weighted by atomic mass is 16.5. The van der Waals surface area contributed by atoms with Gasteiger partial charge < -0.3 is 15.2 Å². The lowest BCUT2D eigenvalue weighted by Crippen LogP contribution is -2.06. The molecule has 0 radical (unpaired) electrons. The van der Waals surface area contributed by atoms with Crippen LogP contribution in [0, 0.1) is 0 Å². The van der Waals surface area contributed by atoms with Crippen LogP contribution in [0.2, 0.25) is 0 Å². The van der Waals surface area contributed by atoms with Crippen molar-refractivity contribution in [1.29, 1.82) is 0 Å². The Hall–Kier alpha value is -1.22. The van der Waals surface area contributed by atoms with Gasteiger partial charge >= 0.3 is 0 Å². The molecule has 0 amide bonds. The lowest BCUT2D eigenvalue weighted by Gasteiger charge is -2.10. The van der Waals surface area contributed by atoms with Crippen molar-refractivity contribution in [3.63, 3.8) is 0 Å². The molecular formula is C12H19NO2. The Morgan fingerprint density at radius 3 is 2.73 bits per heavy atom. The van der Waals surface area contributed by atoms with Crippen LogP contribution in [0.3, 0.4) is 0 Å². The fraction of sp³-hybridized carbons (Fsp3) is 0.500. The highest BCUT2D eigenvalue weighted by molar-refractivity contribution is 5.40. The Labute approximate surface area is 91.2 Å². The fourth-order valence-corrected chi connectivity index (χ4v) is 1.39. The number of methoxy groups -OCH3 is 1. The first-order chi connectivity index (χ1) is 7.31. The number of rotatable bonds is 6. The Morgan fingerprint density at radius 2 is 2.13 bits per heavy atom. The second-order valence-electron chi connectivity index (χ2n) is 3.32. The first-order valence-corrected chi connectivity index (χ1v) is 5.31. The van der Waals surface area contributed by atoms with E-state index in [4.69, 9.17) is 15.2 Å². The zero-order chi connectivity index (χ0) is 11.1. The molecule has 0 saturated carbocycles. The van der Waals surface area contributed by atoms with E-state index in [1.165, 1.54) is 5.56 Å². The topological polar surface area (TPSA) is 44.5 Å². The van der Waals surface area contributed by atoms with Crippen LogP contribution < -0.4 is 15.2 Å². The number of aryl methyl sites for hydroxylation is 1. The van der Waals surface area contributed by atoms with Crippen molar-refractivity contribution in [2.45, 2.75) is 19.8 Å². The minimum atomic E-state index is 0.663. The molecular weight excluding hydrogens is 190 g/mol. The highest BCUT2D eigenvalue weighted by Crippen LogP contribution is 2.24. The highest BCUT2D eigenvalue weighted by Gasteiger charge is 2.02. The van der Waals surface area contributed by atoms with Crippen LogP contribution in [0.1, 0.15) is 18.9 Å². The van der Waals surface area contributed by atoms with E-state index in [0.29, 0.717) is 13.2 Å². The van der Waals surface area contributed by atoms with Crippen molar-refractivity contribution >= 4 is 0 Å². The van der Waals surface area contributed by atoms with E-state index in [9.17, 15) is 0 Å². The summed E-state index contributed by atoms with van der Waals surface area (Å²) in [5, 5.41) is 0. The molecule has 0 bridgehead atoms. The van der Waals surface area contributed by atoms with Crippen LogP contribution in [0.5, 0.6) is 11.5 Å². The summed E-state index contributed by atoms with van der Waals surface area (Å²) >= 11 is 0. The van der Waals surface area contributed by atoms with Gasteiger partial charge in [-0.2, -0.15) is 0 Å². The first-order valence-electron chi connectivity index (χ1n) is 5.31. The van der Waals surface area contributed by atoms with E-state index in [0.717, 1.165) is 24.3 Å². The molecule has 0 aliphatic heterocycles. The van der Waals surface area contributed by atoms with Gasteiger partial charge in [-0.3, -0.25) is 0 Å². The number of benzene rings is 1. The monoisotopic (exact) mass is 209 g/mol. The molecule has 0 unspecified atom stereocenters. The van der Waals surface area contributed by atoms with Crippen molar-refractivity contribution in [1.82, 2.24) is 0 Å². The van der Waals surface area contributed by atoms with E-state index in [1.807, 2.05) is 18.2 Å². The molecule has 15 heavy (non-hydrogen) atoms. The summed E-state index contributed by atoms with van der Waals surface area (Å²) in [6.45, 7) is 3.43. The lowest BCUT2D eigenvalue weighted by molar-refractivity contribution is 0.312. The van der Waals surface area contributed by atoms with Crippen molar-refractivity contribution < 1.29 is 9.47 Å². The zero-order valence-electron chi connectivity index (χ0n) is 9.45. The third kappa shape index (κ3) is 3.44. The molecule has 0 aliphatic carbocycles. The Kier molecular flexibility index (Phi) is 4.98. The van der Waals surface area contributed by atoms with Gasteiger partial charge in [-0.1, -0.05) is 6.92 Å². The Morgan fingerprint density at radius 1 is 1.33 bits per heavy atom. The molecule has 0 fully saturated rings. The maximum Gasteiger partial charge on any atom is 0.122 e. The number of hydrogen-bond donors (Lipinski definition) is 1. The largest absolute Gasteiger partial charge is 0.496 e. The second kappa shape index (κ2) is 6.30. The van der Waals surface area contributed by atoms with Crippen LogP contribution in [0.15, 0.2) is 18.2 Å². The van der Waals surface area contributed by atoms with Gasteiger partial charge in [0.05, 0.1) is 13.7 Å². The predicted molar refractivity (Wildman–Crippen MR) is 61.5 cm³/mol. The van der Waals surface area contributed by atoms with Crippen molar-refractivity contribution in [3.8, 4) is 11.5 Å². The first kappa shape index (κ1) is 11.9. The standard InChI is InChI=1S/C12H19NO2/c1-3-10-9-11(15-8-4-7-13)5-6-12(10)14-2/h5-6,9H,3-4,7-8,13H2,1-2H3. The van der Waals surface area contributed by atoms with E-state index < -0.39 is 0 Å². The normalized spacial score (nSPS) is 10.1. The summed E-state index contributed by atoms with van der Waals surface area (Å²) in [5.74, 6) is 1.81. The van der Waals surface area contributed by atoms with Crippen LogP contribution in [0.25, 0.3) is 0 Å². The van der Waals surface area contributed by atoms with Gasteiger partial charge in [0.25, 0.3) is 0 Å². The van der Waals surface area contributed by atoms with E-state index in [1.54, 1.807) is 7.11 Å². The molecule has 0 aliphatic rings. The number of hydrogen-bond acceptors (Lipinski definition) is 3. The van der Waals surface area contributed by atoms with Gasteiger partial charge in [0, 0.05) is 0 Å². The van der Waals surface area contributed by atoms with E-state index >= 15 is 0 Å². The maximum absolute atomic E-state index is 5.55. The summed E-state index contributed by atoms with van der Waals surface area (Å²) in [4.78, 5) is 0. The average Bonchev–Trinajstić information content (AvgIpc) is 2.29. The van der Waals surface area contributed by atoms with E-state index in [2.05, 4.69) is 6.92 Å². The molecule has 84 valence electrons. The summed E-state index contributed by atoms with van der Waals surface area (Å²) in [6.07, 6.45) is 1.82. The minimum Gasteiger partial charge on any atom is -0.496 e. The summed E-state index contributed by atoms with van der Waals surface area (Å²) < 4.78 is 10.8. The van der Waals surface area contributed by atoms with Gasteiger partial charge in [0.2, 0.25) is 0 Å². The molecule has 0 heterocycles. The summed E-state index contributed by atoms with van der Waals surface area (Å²) in [5.41, 5.74) is 6.56. The molecule has 1 aromatic rings. The third-order valence-electron chi connectivity index (χ3n) is 2.25. The van der Waals surface area contributed by atoms with Gasteiger partial charge in [-0.25, -0.2) is 0 Å². The minimum absolute atomic E-state index is 0.663. The predicted octanol–water partition coefficient (Wildman–Crippen LogP) is 1.99. The van der Waals surface area contributed by atoms with Gasteiger partial charge in [-0.05, 0) is 43.1 Å². The molecule has 3 nitrogen and oxygen atoms in total. The van der Waals surface area contributed by atoms with Crippen LogP contribution in [-0.4, -0.2) is 20.3 Å². The molecule has 0 aromatic heterocycles. The fourth-order valence-electron chi connectivity index (χ4n) is 1.39. The Balaban J connectivity index is 2.66. The molecule has 0 spiro atoms. The average molecular weight is 209 g/mol. The number of ether oxygens (including phenoxy) is 2. The quantitative estimate of drug-likeness (QED) is 0.729. The van der Waals surface area contributed by atoms with Crippen LogP contribution in [-0.2, 0) is 6.42 Å². The molecule has 3 heteroatoms. The summed E-state index contributed by atoms with van der Waals surface area (Å²) in [6, 6.07) is 5.89. The lowest BCUT2D eigenvalue weighted by atomic mass is 10.1. The molecule has 1 rings (SSSR count). The zero-order valence-corrected chi connectivity index (χ0v) is 9.45. The number of nitrogens with two attached hydrogens (primary N) is 1.